The van der Waals surface area contributed by atoms with Crippen molar-refractivity contribution in [1.29, 1.82) is 0 Å². The standard InChI is InChI=1S/C66H70N8O22/c1-28-40(15-14-39-24-73(65(85)71-61(39)83)63-59(93-37(10)79)57(91-35(8)77)52(95-63)26-89-33(6)75)48-21-47-32(5)56(31(4)43-25-74(66(86)72-62(43)84)64-60(94-38(11)80)58(92-36(9)78)53(96-64)27-90-34(7)76)51(70-47)22-46-30(3)42(17-19-55(82)88-13)50(69-46)23-49-41(16-18-54(81)87-12)29(2)45(68-49)20-44(28)67-48/h14-15,20-25,52-53,57-60,63-64,67,69H,4,16-19,26-27H2,1-3,5-13H3,(H,71,83,85)(H,72,84,86)/b15-14+,44-20?,45-20?,46-22?,47-21?,48-21?,49-23?,50-23?,51-22?/t52-,53-,57-,58-,59-,60-,63-,64-/m1/s1. The number of rotatable bonds is 20. The molecular weight excluding hydrogens is 1260 g/mol. The largest absolute Gasteiger partial charge is 0.469 e. The van der Waals surface area contributed by atoms with E-state index in [1.807, 2.05) is 19.9 Å². The molecule has 0 aliphatic carbocycles. The second kappa shape index (κ2) is 28.8. The summed E-state index contributed by atoms with van der Waals surface area (Å²) in [4.78, 5) is 178. The Balaban J connectivity index is 1.28. The third-order valence-electron chi connectivity index (χ3n) is 16.4. The molecule has 30 heteroatoms. The van der Waals surface area contributed by atoms with Crippen LogP contribution in [0.25, 0.3) is 62.1 Å². The van der Waals surface area contributed by atoms with E-state index in [0.29, 0.717) is 72.4 Å². The van der Waals surface area contributed by atoms with Gasteiger partial charge in [0.15, 0.2) is 36.9 Å². The minimum atomic E-state index is -1.60. The van der Waals surface area contributed by atoms with Crippen molar-refractivity contribution in [2.75, 3.05) is 27.4 Å². The molecule has 96 heavy (non-hydrogen) atoms. The van der Waals surface area contributed by atoms with Crippen molar-refractivity contribution in [3.63, 3.8) is 0 Å². The van der Waals surface area contributed by atoms with Gasteiger partial charge in [0, 0.05) is 100.0 Å². The van der Waals surface area contributed by atoms with Crippen LogP contribution in [-0.2, 0) is 92.1 Å². The van der Waals surface area contributed by atoms with Crippen molar-refractivity contribution in [3.8, 4) is 0 Å². The molecule has 30 nitrogen and oxygen atoms in total. The van der Waals surface area contributed by atoms with Crippen molar-refractivity contribution < 1.29 is 85.7 Å². The lowest BCUT2D eigenvalue weighted by Gasteiger charge is -2.24. The number of nitrogens with zero attached hydrogens (tertiary/aromatic N) is 4. The Labute approximate surface area is 545 Å². The molecule has 0 unspecified atom stereocenters. The first-order valence-corrected chi connectivity index (χ1v) is 30.1. The molecule has 0 radical (unpaired) electrons. The number of carbonyl (C=O) groups excluding carboxylic acids is 8. The highest BCUT2D eigenvalue weighted by Gasteiger charge is 2.52. The molecule has 0 saturated carbocycles. The van der Waals surface area contributed by atoms with E-state index < -0.39 is 133 Å². The monoisotopic (exact) mass is 1330 g/mol. The molecule has 4 aliphatic heterocycles. The lowest BCUT2D eigenvalue weighted by molar-refractivity contribution is -0.166. The first-order chi connectivity index (χ1) is 45.5. The molecule has 8 atom stereocenters. The van der Waals surface area contributed by atoms with Gasteiger partial charge >= 0.3 is 59.1 Å². The predicted octanol–water partition coefficient (Wildman–Crippen LogP) is 5.08. The maximum atomic E-state index is 14.3. The number of H-pyrrole nitrogens is 4. The van der Waals surface area contributed by atoms with Crippen LogP contribution < -0.4 is 22.5 Å². The molecule has 4 aliphatic rings. The number of aromatic nitrogens is 8. The molecule has 2 saturated heterocycles. The molecule has 5 aromatic rings. The Bertz CT molecular complexity index is 4610. The molecular formula is C66H70N8O22. The van der Waals surface area contributed by atoms with Gasteiger partial charge in [-0.25, -0.2) is 19.6 Å². The zero-order chi connectivity index (χ0) is 69.9. The number of aryl methyl sites for hydroxylation is 3. The smallest absolute Gasteiger partial charge is 0.330 e. The molecule has 9 heterocycles. The zero-order valence-corrected chi connectivity index (χ0v) is 54.5. The van der Waals surface area contributed by atoms with E-state index in [4.69, 9.17) is 57.3 Å². The number of hydrogen-bond donors (Lipinski definition) is 4. The van der Waals surface area contributed by atoms with Gasteiger partial charge in [0.05, 0.1) is 48.1 Å². The highest BCUT2D eigenvalue weighted by Crippen LogP contribution is 2.42. The van der Waals surface area contributed by atoms with Gasteiger partial charge < -0.3 is 57.3 Å². The molecule has 0 aromatic carbocycles. The fourth-order valence-corrected chi connectivity index (χ4v) is 11.9. The van der Waals surface area contributed by atoms with Crippen molar-refractivity contribution in [2.45, 2.75) is 144 Å². The summed E-state index contributed by atoms with van der Waals surface area (Å²) in [5, 5.41) is 0. The van der Waals surface area contributed by atoms with Gasteiger partial charge in [0.2, 0.25) is 0 Å². The predicted molar refractivity (Wildman–Crippen MR) is 341 cm³/mol. The maximum Gasteiger partial charge on any atom is 0.330 e. The Hall–Kier alpha value is -10.9. The van der Waals surface area contributed by atoms with Crippen LogP contribution >= 0.6 is 0 Å². The Kier molecular flexibility index (Phi) is 20.8. The molecule has 8 bridgehead atoms. The number of aromatic amines is 4. The lowest BCUT2D eigenvalue weighted by atomic mass is 9.94. The summed E-state index contributed by atoms with van der Waals surface area (Å²) < 4.78 is 56.9. The van der Waals surface area contributed by atoms with Crippen molar-refractivity contribution >= 4 is 110 Å². The minimum Gasteiger partial charge on any atom is -0.469 e. The Morgan fingerprint density at radius 1 is 0.531 bits per heavy atom. The normalized spacial score (nSPS) is 19.8. The zero-order valence-electron chi connectivity index (χ0n) is 54.5. The summed E-state index contributed by atoms with van der Waals surface area (Å²) in [7, 11) is 2.57. The van der Waals surface area contributed by atoms with Crippen LogP contribution in [0.15, 0.2) is 62.4 Å². The number of fused-ring (bicyclic) bond motifs is 8. The third-order valence-corrected chi connectivity index (χ3v) is 16.4. The molecule has 5 aromatic heterocycles. The van der Waals surface area contributed by atoms with Crippen LogP contribution in [0.1, 0.15) is 143 Å². The van der Waals surface area contributed by atoms with Crippen molar-refractivity contribution in [1.82, 2.24) is 39.0 Å². The summed E-state index contributed by atoms with van der Waals surface area (Å²) in [6.45, 7) is 17.3. The van der Waals surface area contributed by atoms with E-state index in [0.717, 1.165) is 63.1 Å². The molecule has 9 rings (SSSR count). The lowest BCUT2D eigenvalue weighted by Crippen LogP contribution is -2.42. The van der Waals surface area contributed by atoms with E-state index in [1.54, 1.807) is 38.1 Å². The van der Waals surface area contributed by atoms with E-state index >= 15 is 0 Å². The summed E-state index contributed by atoms with van der Waals surface area (Å²) in [6.07, 6.45) is -5.86. The van der Waals surface area contributed by atoms with Gasteiger partial charge in [-0.2, -0.15) is 0 Å². The topological polar surface area (TPSA) is 396 Å². The molecule has 2 fully saturated rings. The number of ether oxygens (including phenoxy) is 10. The van der Waals surface area contributed by atoms with Gasteiger partial charge in [-0.3, -0.25) is 67.0 Å². The van der Waals surface area contributed by atoms with Crippen LogP contribution in [-0.4, -0.2) is 151 Å². The summed E-state index contributed by atoms with van der Waals surface area (Å²) in [6, 6.07) is 7.00. The molecule has 0 amide bonds. The van der Waals surface area contributed by atoms with Gasteiger partial charge in [-0.1, -0.05) is 12.7 Å². The molecule has 4 N–H and O–H groups in total. The van der Waals surface area contributed by atoms with Gasteiger partial charge in [0.25, 0.3) is 11.1 Å². The maximum absolute atomic E-state index is 14.3. The van der Waals surface area contributed by atoms with Gasteiger partial charge in [-0.15, -0.1) is 0 Å². The summed E-state index contributed by atoms with van der Waals surface area (Å²) >= 11 is 0. The number of esters is 8. The number of carbonyl (C=O) groups is 8. The van der Waals surface area contributed by atoms with E-state index in [9.17, 15) is 57.5 Å². The first-order valence-electron chi connectivity index (χ1n) is 30.1. The van der Waals surface area contributed by atoms with Crippen LogP contribution in [0.3, 0.4) is 0 Å². The number of allylic oxidation sites excluding steroid dienone is 5. The van der Waals surface area contributed by atoms with Crippen LogP contribution in [0, 0.1) is 13.8 Å². The van der Waals surface area contributed by atoms with E-state index in [1.165, 1.54) is 20.3 Å². The third kappa shape index (κ3) is 14.9. The van der Waals surface area contributed by atoms with Gasteiger partial charge in [0.1, 0.15) is 25.4 Å². The quantitative estimate of drug-likeness (QED) is 0.0582. The Morgan fingerprint density at radius 2 is 0.990 bits per heavy atom. The average Bonchev–Trinajstić information content (AvgIpc) is 1.50. The molecule has 506 valence electrons. The van der Waals surface area contributed by atoms with Crippen molar-refractivity contribution in [3.05, 3.63) is 141 Å². The van der Waals surface area contributed by atoms with Crippen molar-refractivity contribution in [2.24, 2.45) is 0 Å². The SMILES string of the molecule is C=C(C1=C(C)c2cc3[nH]c(cc4nc(cc5[nH]c(cc1n2)c(C)c5CCC(=O)OC)C(CCC(=O)OC)=C4C)c(C)c3/C=C/c1cn([C@@H]2O[C@H](COC(C)=O)[C@@H](OC(C)=O)[C@H]2OC(C)=O)c(=O)[nH]c1=O)c1cn([C@@H]2O[C@H](COC(C)=O)[C@@H](OC(C)=O)[C@H]2OC(C)=O)c(=O)[nH]c1=O. The second-order valence-corrected chi connectivity index (χ2v) is 22.9. The average molecular weight is 1330 g/mol. The number of nitrogens with one attached hydrogen (secondary N) is 4. The fourth-order valence-electron chi connectivity index (χ4n) is 11.9. The fraction of sp³-hybridized carbons (Fsp3) is 0.394. The van der Waals surface area contributed by atoms with Crippen LogP contribution in [0.2, 0.25) is 0 Å². The van der Waals surface area contributed by atoms with E-state index in [2.05, 4.69) is 26.5 Å². The van der Waals surface area contributed by atoms with Crippen LogP contribution in [0.5, 0.6) is 0 Å². The highest BCUT2D eigenvalue weighted by molar-refractivity contribution is 6.15. The Morgan fingerprint density at radius 3 is 1.53 bits per heavy atom. The highest BCUT2D eigenvalue weighted by atomic mass is 16.7. The first kappa shape index (κ1) is 69.5. The molecule has 0 spiro atoms. The number of methoxy groups -OCH3 is 2. The summed E-state index contributed by atoms with van der Waals surface area (Å²) in [5.41, 5.74) is 3.65. The van der Waals surface area contributed by atoms with Crippen LogP contribution in [0.4, 0.5) is 0 Å². The number of hydrogen-bond acceptors (Lipinski definition) is 24. The van der Waals surface area contributed by atoms with E-state index in [-0.39, 0.29) is 59.3 Å². The second-order valence-electron chi connectivity index (χ2n) is 22.9. The minimum absolute atomic E-state index is 0.0000913. The summed E-state index contributed by atoms with van der Waals surface area (Å²) in [5.74, 6) is -5.72. The van der Waals surface area contributed by atoms with Gasteiger partial charge in [-0.05, 0) is 110 Å².